The van der Waals surface area contributed by atoms with Crippen molar-refractivity contribution in [2.45, 2.75) is 6.92 Å². The van der Waals surface area contributed by atoms with Gasteiger partial charge < -0.3 is 11.1 Å². The third-order valence-electron chi connectivity index (χ3n) is 2.43. The topological polar surface area (TPSA) is 68.0 Å². The summed E-state index contributed by atoms with van der Waals surface area (Å²) in [7, 11) is 0. The molecule has 0 bridgehead atoms. The summed E-state index contributed by atoms with van der Waals surface area (Å²) in [5.41, 5.74) is 7.97. The molecular weight excluding hydrogens is 250 g/mol. The first kappa shape index (κ1) is 12.4. The van der Waals surface area contributed by atoms with Crippen LogP contribution in [-0.2, 0) is 0 Å². The summed E-state index contributed by atoms with van der Waals surface area (Å²) in [6.45, 7) is 1.88. The number of pyridine rings is 1. The summed E-state index contributed by atoms with van der Waals surface area (Å²) in [5, 5.41) is 3.18. The lowest BCUT2D eigenvalue weighted by Gasteiger charge is -2.07. The normalized spacial score (nSPS) is 10.1. The lowest BCUT2D eigenvalue weighted by Crippen LogP contribution is -2.14. The first-order chi connectivity index (χ1) is 8.56. The number of aryl methyl sites for hydroxylation is 1. The number of rotatable bonds is 2. The molecule has 0 aliphatic carbocycles. The van der Waals surface area contributed by atoms with Gasteiger partial charge in [-0.2, -0.15) is 0 Å². The lowest BCUT2D eigenvalue weighted by atomic mass is 10.1. The number of benzene rings is 1. The Hall–Kier alpha value is -2.07. The van der Waals surface area contributed by atoms with Crippen molar-refractivity contribution in [1.82, 2.24) is 4.98 Å². The number of aromatic nitrogens is 1. The Labute approximate surface area is 110 Å². The van der Waals surface area contributed by atoms with Gasteiger partial charge in [-0.05, 0) is 37.3 Å². The molecular formula is C13H12ClN3O. The third kappa shape index (κ3) is 2.78. The predicted octanol–water partition coefficient (Wildman–Crippen LogP) is 2.88. The van der Waals surface area contributed by atoms with E-state index in [0.29, 0.717) is 22.0 Å². The van der Waals surface area contributed by atoms with E-state index < -0.39 is 0 Å². The number of nitrogens with one attached hydrogen (secondary N) is 1. The Morgan fingerprint density at radius 3 is 2.78 bits per heavy atom. The molecule has 2 aromatic rings. The van der Waals surface area contributed by atoms with Crippen molar-refractivity contribution >= 4 is 28.9 Å². The number of hydrogen-bond acceptors (Lipinski definition) is 3. The van der Waals surface area contributed by atoms with E-state index in [-0.39, 0.29) is 5.91 Å². The fourth-order valence-electron chi connectivity index (χ4n) is 1.47. The summed E-state index contributed by atoms with van der Waals surface area (Å²) < 4.78 is 0. The number of carbonyl (C=O) groups is 1. The van der Waals surface area contributed by atoms with Gasteiger partial charge in [0.15, 0.2) is 0 Å². The summed E-state index contributed by atoms with van der Waals surface area (Å²) in [6, 6.07) is 8.37. The Balaban J connectivity index is 2.21. The number of nitrogen functional groups attached to an aromatic ring is 1. The van der Waals surface area contributed by atoms with Gasteiger partial charge in [-0.25, -0.2) is 0 Å². The molecule has 1 aromatic carbocycles. The van der Waals surface area contributed by atoms with Gasteiger partial charge in [0, 0.05) is 16.4 Å². The monoisotopic (exact) mass is 261 g/mol. The van der Waals surface area contributed by atoms with Crippen molar-refractivity contribution in [3.63, 3.8) is 0 Å². The highest BCUT2D eigenvalue weighted by atomic mass is 35.5. The number of hydrogen-bond donors (Lipinski definition) is 2. The zero-order chi connectivity index (χ0) is 13.1. The molecule has 0 spiro atoms. The first-order valence-corrected chi connectivity index (χ1v) is 5.73. The van der Waals surface area contributed by atoms with Crippen LogP contribution >= 0.6 is 11.6 Å². The fourth-order valence-corrected chi connectivity index (χ4v) is 1.64. The third-order valence-corrected chi connectivity index (χ3v) is 2.66. The Bertz CT molecular complexity index is 581. The highest BCUT2D eigenvalue weighted by molar-refractivity contribution is 6.31. The van der Waals surface area contributed by atoms with Crippen LogP contribution in [0.4, 0.5) is 11.4 Å². The molecule has 0 radical (unpaired) electrons. The van der Waals surface area contributed by atoms with E-state index in [0.717, 1.165) is 5.69 Å². The minimum Gasteiger partial charge on any atom is -0.398 e. The maximum absolute atomic E-state index is 12.0. The zero-order valence-corrected chi connectivity index (χ0v) is 10.5. The maximum atomic E-state index is 12.0. The summed E-state index contributed by atoms with van der Waals surface area (Å²) in [6.07, 6.45) is 1.59. The Morgan fingerprint density at radius 2 is 2.11 bits per heavy atom. The SMILES string of the molecule is Cc1ccc(NC(=O)c2cc(Cl)ccc2N)cn1. The Morgan fingerprint density at radius 1 is 1.33 bits per heavy atom. The molecule has 1 aromatic heterocycles. The van der Waals surface area contributed by atoms with Crippen molar-refractivity contribution in [3.8, 4) is 0 Å². The van der Waals surface area contributed by atoms with Crippen molar-refractivity contribution in [2.24, 2.45) is 0 Å². The van der Waals surface area contributed by atoms with Gasteiger partial charge in [-0.1, -0.05) is 11.6 Å². The molecule has 0 atom stereocenters. The van der Waals surface area contributed by atoms with E-state index in [1.54, 1.807) is 24.4 Å². The van der Waals surface area contributed by atoms with Crippen LogP contribution in [0.3, 0.4) is 0 Å². The van der Waals surface area contributed by atoms with E-state index in [1.165, 1.54) is 6.07 Å². The van der Waals surface area contributed by atoms with Crippen molar-refractivity contribution in [1.29, 1.82) is 0 Å². The minimum atomic E-state index is -0.305. The molecule has 0 aliphatic rings. The molecule has 0 saturated heterocycles. The van der Waals surface area contributed by atoms with Gasteiger partial charge >= 0.3 is 0 Å². The van der Waals surface area contributed by atoms with Crippen LogP contribution in [0.5, 0.6) is 0 Å². The van der Waals surface area contributed by atoms with Gasteiger partial charge in [0.25, 0.3) is 5.91 Å². The molecule has 1 heterocycles. The quantitative estimate of drug-likeness (QED) is 0.817. The van der Waals surface area contributed by atoms with Gasteiger partial charge in [0.1, 0.15) is 0 Å². The average Bonchev–Trinajstić information content (AvgIpc) is 2.35. The van der Waals surface area contributed by atoms with Crippen LogP contribution in [0.15, 0.2) is 36.5 Å². The number of nitrogens with two attached hydrogens (primary N) is 1. The van der Waals surface area contributed by atoms with Crippen LogP contribution in [0.25, 0.3) is 0 Å². The average molecular weight is 262 g/mol. The minimum absolute atomic E-state index is 0.305. The number of anilines is 2. The van der Waals surface area contributed by atoms with Crippen LogP contribution in [-0.4, -0.2) is 10.9 Å². The molecule has 1 amide bonds. The van der Waals surface area contributed by atoms with Gasteiger partial charge in [0.2, 0.25) is 0 Å². The van der Waals surface area contributed by atoms with Crippen molar-refractivity contribution in [2.75, 3.05) is 11.1 Å². The number of halogens is 1. The highest BCUT2D eigenvalue weighted by Gasteiger charge is 2.10. The molecule has 3 N–H and O–H groups in total. The van der Waals surface area contributed by atoms with Gasteiger partial charge in [0.05, 0.1) is 17.4 Å². The van der Waals surface area contributed by atoms with E-state index in [2.05, 4.69) is 10.3 Å². The molecule has 18 heavy (non-hydrogen) atoms. The zero-order valence-electron chi connectivity index (χ0n) is 9.77. The number of amides is 1. The standard InChI is InChI=1S/C13H12ClN3O/c1-8-2-4-10(7-16-8)17-13(18)11-6-9(14)3-5-12(11)15/h2-7H,15H2,1H3,(H,17,18). The lowest BCUT2D eigenvalue weighted by molar-refractivity contribution is 0.102. The summed E-state index contributed by atoms with van der Waals surface area (Å²) in [4.78, 5) is 16.1. The van der Waals surface area contributed by atoms with Crippen LogP contribution < -0.4 is 11.1 Å². The van der Waals surface area contributed by atoms with Crippen LogP contribution in [0, 0.1) is 6.92 Å². The van der Waals surface area contributed by atoms with E-state index in [9.17, 15) is 4.79 Å². The molecule has 2 rings (SSSR count). The second kappa shape index (κ2) is 5.06. The van der Waals surface area contributed by atoms with Gasteiger partial charge in [-0.3, -0.25) is 9.78 Å². The van der Waals surface area contributed by atoms with E-state index in [1.807, 2.05) is 13.0 Å². The molecule has 0 aliphatic heterocycles. The second-order valence-corrected chi connectivity index (χ2v) is 4.31. The molecule has 0 saturated carbocycles. The molecule has 0 unspecified atom stereocenters. The van der Waals surface area contributed by atoms with E-state index in [4.69, 9.17) is 17.3 Å². The summed E-state index contributed by atoms with van der Waals surface area (Å²) in [5.74, 6) is -0.305. The number of carbonyl (C=O) groups excluding carboxylic acids is 1. The number of nitrogens with zero attached hydrogens (tertiary/aromatic N) is 1. The Kier molecular flexibility index (Phi) is 3.48. The van der Waals surface area contributed by atoms with Crippen LogP contribution in [0.2, 0.25) is 5.02 Å². The van der Waals surface area contributed by atoms with Crippen LogP contribution in [0.1, 0.15) is 16.1 Å². The van der Waals surface area contributed by atoms with E-state index >= 15 is 0 Å². The molecule has 0 fully saturated rings. The summed E-state index contributed by atoms with van der Waals surface area (Å²) >= 11 is 5.84. The largest absolute Gasteiger partial charge is 0.398 e. The van der Waals surface area contributed by atoms with Crippen molar-refractivity contribution in [3.05, 3.63) is 52.8 Å². The maximum Gasteiger partial charge on any atom is 0.257 e. The van der Waals surface area contributed by atoms with Gasteiger partial charge in [-0.15, -0.1) is 0 Å². The fraction of sp³-hybridized carbons (Fsp3) is 0.0769. The highest BCUT2D eigenvalue weighted by Crippen LogP contribution is 2.19. The smallest absolute Gasteiger partial charge is 0.257 e. The molecule has 5 heteroatoms. The first-order valence-electron chi connectivity index (χ1n) is 5.35. The van der Waals surface area contributed by atoms with Crippen molar-refractivity contribution < 1.29 is 4.79 Å². The second-order valence-electron chi connectivity index (χ2n) is 3.87. The molecule has 4 nitrogen and oxygen atoms in total. The molecule has 92 valence electrons. The predicted molar refractivity (Wildman–Crippen MR) is 72.8 cm³/mol.